The van der Waals surface area contributed by atoms with E-state index in [1.807, 2.05) is 13.8 Å². The molecule has 0 amide bonds. The average Bonchev–Trinajstić information content (AvgIpc) is 2.31. The van der Waals surface area contributed by atoms with Gasteiger partial charge in [-0.3, -0.25) is 0 Å². The Bertz CT molecular complexity index is 154. The molecule has 0 aromatic carbocycles. The zero-order valence-electron chi connectivity index (χ0n) is 7.71. The van der Waals surface area contributed by atoms with Gasteiger partial charge < -0.3 is 14.3 Å². The second-order valence-electron chi connectivity index (χ2n) is 3.55. The second-order valence-corrected chi connectivity index (χ2v) is 3.55. The third-order valence-electron chi connectivity index (χ3n) is 1.92. The van der Waals surface area contributed by atoms with Crippen molar-refractivity contribution in [2.24, 2.45) is 0 Å². The van der Waals surface area contributed by atoms with Crippen LogP contribution in [0.25, 0.3) is 0 Å². The standard InChI is InChI=1S/C9H16O3/c1-9(2)11-7-8(12-9)5-3-4-6-10/h6,8H,3-5,7H2,1-2H3. The Labute approximate surface area is 73.0 Å². The average molecular weight is 172 g/mol. The quantitative estimate of drug-likeness (QED) is 0.476. The highest BCUT2D eigenvalue weighted by Gasteiger charge is 2.31. The van der Waals surface area contributed by atoms with Crippen LogP contribution in [0.1, 0.15) is 33.1 Å². The maximum Gasteiger partial charge on any atom is 0.163 e. The number of hydrogen-bond donors (Lipinski definition) is 0. The predicted octanol–water partition coefficient (Wildman–Crippen LogP) is 1.51. The smallest absolute Gasteiger partial charge is 0.163 e. The van der Waals surface area contributed by atoms with E-state index in [4.69, 9.17) is 9.47 Å². The Kier molecular flexibility index (Phi) is 3.23. The van der Waals surface area contributed by atoms with Crippen molar-refractivity contribution in [2.45, 2.75) is 45.0 Å². The van der Waals surface area contributed by atoms with E-state index in [0.29, 0.717) is 13.0 Å². The maximum atomic E-state index is 10.0. The summed E-state index contributed by atoms with van der Waals surface area (Å²) in [6.07, 6.45) is 3.57. The molecule has 0 radical (unpaired) electrons. The topological polar surface area (TPSA) is 35.5 Å². The van der Waals surface area contributed by atoms with Gasteiger partial charge in [-0.1, -0.05) is 0 Å². The molecular weight excluding hydrogens is 156 g/mol. The first kappa shape index (κ1) is 9.68. The number of unbranched alkanes of at least 4 members (excludes halogenated alkanes) is 1. The minimum absolute atomic E-state index is 0.181. The Balaban J connectivity index is 2.15. The van der Waals surface area contributed by atoms with Gasteiger partial charge >= 0.3 is 0 Å². The van der Waals surface area contributed by atoms with Crippen LogP contribution in [0.3, 0.4) is 0 Å². The van der Waals surface area contributed by atoms with Crippen molar-refractivity contribution in [3.8, 4) is 0 Å². The maximum absolute atomic E-state index is 10.0. The lowest BCUT2D eigenvalue weighted by Crippen LogP contribution is -2.21. The van der Waals surface area contributed by atoms with Gasteiger partial charge in [-0.2, -0.15) is 0 Å². The predicted molar refractivity (Wildman–Crippen MR) is 44.8 cm³/mol. The summed E-state index contributed by atoms with van der Waals surface area (Å²) < 4.78 is 10.9. The summed E-state index contributed by atoms with van der Waals surface area (Å²) in [5, 5.41) is 0. The van der Waals surface area contributed by atoms with Crippen LogP contribution in [0.2, 0.25) is 0 Å². The van der Waals surface area contributed by atoms with E-state index in [1.54, 1.807) is 0 Å². The van der Waals surface area contributed by atoms with Gasteiger partial charge in [0.15, 0.2) is 5.79 Å². The van der Waals surface area contributed by atoms with E-state index in [9.17, 15) is 4.79 Å². The fourth-order valence-corrected chi connectivity index (χ4v) is 1.33. The molecule has 1 aliphatic rings. The first-order chi connectivity index (χ1) is 5.64. The SMILES string of the molecule is CC1(C)OCC(CCCC=O)O1. The lowest BCUT2D eigenvalue weighted by molar-refractivity contribution is -0.139. The van der Waals surface area contributed by atoms with Crippen molar-refractivity contribution in [3.63, 3.8) is 0 Å². The van der Waals surface area contributed by atoms with E-state index < -0.39 is 5.79 Å². The van der Waals surface area contributed by atoms with Crippen molar-refractivity contribution in [2.75, 3.05) is 6.61 Å². The van der Waals surface area contributed by atoms with Crippen molar-refractivity contribution < 1.29 is 14.3 Å². The highest BCUT2D eigenvalue weighted by molar-refractivity contribution is 5.48. The van der Waals surface area contributed by atoms with Crippen LogP contribution < -0.4 is 0 Å². The molecule has 1 aliphatic heterocycles. The van der Waals surface area contributed by atoms with E-state index >= 15 is 0 Å². The summed E-state index contributed by atoms with van der Waals surface area (Å²) in [4.78, 5) is 10.0. The highest BCUT2D eigenvalue weighted by atomic mass is 16.7. The summed E-state index contributed by atoms with van der Waals surface area (Å²) in [5.41, 5.74) is 0. The molecule has 3 nitrogen and oxygen atoms in total. The van der Waals surface area contributed by atoms with Gasteiger partial charge in [0, 0.05) is 6.42 Å². The summed E-state index contributed by atoms with van der Waals surface area (Å²) in [6, 6.07) is 0. The zero-order chi connectivity index (χ0) is 9.03. The molecule has 3 heteroatoms. The molecule has 0 spiro atoms. The summed E-state index contributed by atoms with van der Waals surface area (Å²) in [6.45, 7) is 4.48. The van der Waals surface area contributed by atoms with Crippen molar-refractivity contribution >= 4 is 6.29 Å². The molecule has 1 heterocycles. The minimum atomic E-state index is -0.425. The highest BCUT2D eigenvalue weighted by Crippen LogP contribution is 2.24. The third-order valence-corrected chi connectivity index (χ3v) is 1.92. The first-order valence-electron chi connectivity index (χ1n) is 4.39. The molecule has 1 saturated heterocycles. The van der Waals surface area contributed by atoms with Gasteiger partial charge in [0.05, 0.1) is 12.7 Å². The Morgan fingerprint density at radius 3 is 2.83 bits per heavy atom. The molecule has 70 valence electrons. The number of ether oxygens (including phenoxy) is 2. The Morgan fingerprint density at radius 1 is 1.58 bits per heavy atom. The molecule has 0 saturated carbocycles. The van der Waals surface area contributed by atoms with E-state index in [-0.39, 0.29) is 6.10 Å². The van der Waals surface area contributed by atoms with Crippen LogP contribution in [0.5, 0.6) is 0 Å². The number of hydrogen-bond acceptors (Lipinski definition) is 3. The van der Waals surface area contributed by atoms with Crippen LogP contribution in [-0.4, -0.2) is 24.8 Å². The van der Waals surface area contributed by atoms with E-state index in [2.05, 4.69) is 0 Å². The number of rotatable bonds is 4. The van der Waals surface area contributed by atoms with Gasteiger partial charge in [-0.05, 0) is 26.7 Å². The normalized spacial score (nSPS) is 27.3. The van der Waals surface area contributed by atoms with E-state index in [1.165, 1.54) is 0 Å². The minimum Gasteiger partial charge on any atom is -0.348 e. The van der Waals surface area contributed by atoms with Gasteiger partial charge in [0.1, 0.15) is 6.29 Å². The largest absolute Gasteiger partial charge is 0.348 e. The van der Waals surface area contributed by atoms with Crippen LogP contribution >= 0.6 is 0 Å². The lowest BCUT2D eigenvalue weighted by Gasteiger charge is -2.16. The van der Waals surface area contributed by atoms with Crippen LogP contribution in [-0.2, 0) is 14.3 Å². The molecular formula is C9H16O3. The first-order valence-corrected chi connectivity index (χ1v) is 4.39. The van der Waals surface area contributed by atoms with Gasteiger partial charge in [0.2, 0.25) is 0 Å². The van der Waals surface area contributed by atoms with Crippen molar-refractivity contribution in [1.82, 2.24) is 0 Å². The van der Waals surface area contributed by atoms with Gasteiger partial charge in [-0.25, -0.2) is 0 Å². The second kappa shape index (κ2) is 4.01. The zero-order valence-corrected chi connectivity index (χ0v) is 7.71. The molecule has 1 rings (SSSR count). The lowest BCUT2D eigenvalue weighted by atomic mass is 10.2. The molecule has 0 N–H and O–H groups in total. The van der Waals surface area contributed by atoms with Gasteiger partial charge in [-0.15, -0.1) is 0 Å². The molecule has 1 unspecified atom stereocenters. The fraction of sp³-hybridized carbons (Fsp3) is 0.889. The molecule has 1 atom stereocenters. The van der Waals surface area contributed by atoms with Crippen LogP contribution in [0.4, 0.5) is 0 Å². The van der Waals surface area contributed by atoms with Gasteiger partial charge in [0.25, 0.3) is 0 Å². The molecule has 0 aromatic heterocycles. The van der Waals surface area contributed by atoms with Crippen molar-refractivity contribution in [3.05, 3.63) is 0 Å². The van der Waals surface area contributed by atoms with Crippen LogP contribution in [0.15, 0.2) is 0 Å². The monoisotopic (exact) mass is 172 g/mol. The summed E-state index contributed by atoms with van der Waals surface area (Å²) >= 11 is 0. The summed E-state index contributed by atoms with van der Waals surface area (Å²) in [5.74, 6) is -0.425. The molecule has 0 aromatic rings. The third kappa shape index (κ3) is 2.91. The molecule has 0 aliphatic carbocycles. The van der Waals surface area contributed by atoms with Crippen molar-refractivity contribution in [1.29, 1.82) is 0 Å². The Morgan fingerprint density at radius 2 is 2.33 bits per heavy atom. The molecule has 12 heavy (non-hydrogen) atoms. The van der Waals surface area contributed by atoms with Crippen LogP contribution in [0, 0.1) is 0 Å². The molecule has 0 bridgehead atoms. The number of aldehydes is 1. The fourth-order valence-electron chi connectivity index (χ4n) is 1.33. The molecule has 1 fully saturated rings. The van der Waals surface area contributed by atoms with E-state index in [0.717, 1.165) is 19.1 Å². The number of carbonyl (C=O) groups excluding carboxylic acids is 1. The summed E-state index contributed by atoms with van der Waals surface area (Å²) in [7, 11) is 0. The Hall–Kier alpha value is -0.410. The number of carbonyl (C=O) groups is 1.